The third kappa shape index (κ3) is 3.65. The van der Waals surface area contributed by atoms with Crippen molar-refractivity contribution in [3.63, 3.8) is 0 Å². The summed E-state index contributed by atoms with van der Waals surface area (Å²) in [6, 6.07) is 8.26. The van der Waals surface area contributed by atoms with Crippen LogP contribution in [0.25, 0.3) is 0 Å². The first-order valence-corrected chi connectivity index (χ1v) is 8.11. The van der Waals surface area contributed by atoms with Crippen LogP contribution in [0.15, 0.2) is 36.4 Å². The van der Waals surface area contributed by atoms with Crippen LogP contribution in [0.3, 0.4) is 0 Å². The normalized spacial score (nSPS) is 12.9. The number of anilines is 1. The molecular formula is C19H17FN2O5. The molecule has 27 heavy (non-hydrogen) atoms. The van der Waals surface area contributed by atoms with E-state index in [1.54, 1.807) is 0 Å². The highest BCUT2D eigenvalue weighted by Crippen LogP contribution is 2.24. The van der Waals surface area contributed by atoms with Gasteiger partial charge >= 0.3 is 0 Å². The maximum atomic E-state index is 14.0. The molecule has 0 aromatic heterocycles. The van der Waals surface area contributed by atoms with Crippen molar-refractivity contribution < 1.29 is 28.2 Å². The maximum Gasteiger partial charge on any atom is 0.261 e. The molecular weight excluding hydrogens is 355 g/mol. The summed E-state index contributed by atoms with van der Waals surface area (Å²) in [4.78, 5) is 37.3. The van der Waals surface area contributed by atoms with Gasteiger partial charge in [0.15, 0.2) is 11.6 Å². The van der Waals surface area contributed by atoms with Gasteiger partial charge in [-0.2, -0.15) is 0 Å². The molecule has 0 bridgehead atoms. The fraction of sp³-hybridized carbons (Fsp3) is 0.211. The Morgan fingerprint density at radius 1 is 1.07 bits per heavy atom. The summed E-state index contributed by atoms with van der Waals surface area (Å²) >= 11 is 0. The van der Waals surface area contributed by atoms with Gasteiger partial charge in [0.05, 0.1) is 17.7 Å². The summed E-state index contributed by atoms with van der Waals surface area (Å²) in [5, 5.41) is 2.55. The molecule has 1 N–H and O–H groups in total. The molecule has 0 radical (unpaired) electrons. The third-order valence-electron chi connectivity index (χ3n) is 4.09. The lowest BCUT2D eigenvalue weighted by Crippen LogP contribution is -2.24. The van der Waals surface area contributed by atoms with E-state index in [-0.39, 0.29) is 34.7 Å². The van der Waals surface area contributed by atoms with E-state index in [9.17, 15) is 18.8 Å². The highest BCUT2D eigenvalue weighted by atomic mass is 19.1. The number of amides is 3. The van der Waals surface area contributed by atoms with Crippen LogP contribution in [0.5, 0.6) is 5.75 Å². The zero-order valence-electron chi connectivity index (χ0n) is 14.7. The second-order valence-corrected chi connectivity index (χ2v) is 5.87. The molecule has 0 aliphatic carbocycles. The molecule has 1 aliphatic rings. The Bertz CT molecular complexity index is 928. The molecule has 0 atom stereocenters. The van der Waals surface area contributed by atoms with E-state index in [1.165, 1.54) is 44.5 Å². The Balaban J connectivity index is 1.74. The predicted octanol–water partition coefficient (Wildman–Crippen LogP) is 2.33. The molecule has 8 heteroatoms. The van der Waals surface area contributed by atoms with E-state index in [0.29, 0.717) is 6.61 Å². The number of rotatable bonds is 6. The van der Waals surface area contributed by atoms with Crippen molar-refractivity contribution in [3.8, 4) is 5.75 Å². The molecule has 2 aromatic carbocycles. The summed E-state index contributed by atoms with van der Waals surface area (Å²) in [6.45, 7) is 0.530. The summed E-state index contributed by atoms with van der Waals surface area (Å²) < 4.78 is 24.1. The van der Waals surface area contributed by atoms with E-state index in [2.05, 4.69) is 5.32 Å². The summed E-state index contributed by atoms with van der Waals surface area (Å²) in [7, 11) is 2.89. The van der Waals surface area contributed by atoms with Gasteiger partial charge in [-0.3, -0.25) is 19.3 Å². The van der Waals surface area contributed by atoms with Crippen LogP contribution in [0.4, 0.5) is 10.1 Å². The van der Waals surface area contributed by atoms with Crippen LogP contribution in [-0.4, -0.2) is 50.0 Å². The molecule has 0 unspecified atom stereocenters. The standard InChI is InChI=1S/C19H17FN2O5/c1-22-18(24)13-5-3-11(9-14(13)19(22)25)17(23)21-12-4-6-16(15(20)10-12)27-8-7-26-2/h3-6,9-10H,7-8H2,1-2H3,(H,21,23). The van der Waals surface area contributed by atoms with Crippen LogP contribution in [0.2, 0.25) is 0 Å². The highest BCUT2D eigenvalue weighted by Gasteiger charge is 2.33. The number of carbonyl (C=O) groups excluding carboxylic acids is 3. The zero-order chi connectivity index (χ0) is 19.6. The molecule has 1 heterocycles. The number of fused-ring (bicyclic) bond motifs is 1. The van der Waals surface area contributed by atoms with Gasteiger partial charge in [0.1, 0.15) is 6.61 Å². The largest absolute Gasteiger partial charge is 0.488 e. The average Bonchev–Trinajstić information content (AvgIpc) is 2.87. The van der Waals surface area contributed by atoms with Gasteiger partial charge in [-0.1, -0.05) is 0 Å². The van der Waals surface area contributed by atoms with Gasteiger partial charge in [0, 0.05) is 31.5 Å². The third-order valence-corrected chi connectivity index (χ3v) is 4.09. The molecule has 7 nitrogen and oxygen atoms in total. The second kappa shape index (κ2) is 7.55. The number of imide groups is 1. The van der Waals surface area contributed by atoms with Crippen molar-refractivity contribution in [2.24, 2.45) is 0 Å². The first kappa shape index (κ1) is 18.5. The van der Waals surface area contributed by atoms with Gasteiger partial charge in [-0.05, 0) is 30.3 Å². The van der Waals surface area contributed by atoms with Crippen molar-refractivity contribution in [2.45, 2.75) is 0 Å². The lowest BCUT2D eigenvalue weighted by atomic mass is 10.1. The first-order chi connectivity index (χ1) is 12.9. The van der Waals surface area contributed by atoms with Crippen LogP contribution in [-0.2, 0) is 4.74 Å². The van der Waals surface area contributed by atoms with Crippen molar-refractivity contribution in [2.75, 3.05) is 32.7 Å². The summed E-state index contributed by atoms with van der Waals surface area (Å²) in [6.07, 6.45) is 0. The topological polar surface area (TPSA) is 84.9 Å². The predicted molar refractivity (Wildman–Crippen MR) is 94.6 cm³/mol. The van der Waals surface area contributed by atoms with E-state index in [4.69, 9.17) is 9.47 Å². The number of hydrogen-bond acceptors (Lipinski definition) is 5. The molecule has 2 aromatic rings. The number of nitrogens with one attached hydrogen (secondary N) is 1. The van der Waals surface area contributed by atoms with Gasteiger partial charge in [0.25, 0.3) is 17.7 Å². The number of methoxy groups -OCH3 is 1. The Morgan fingerprint density at radius 3 is 2.52 bits per heavy atom. The van der Waals surface area contributed by atoms with Gasteiger partial charge < -0.3 is 14.8 Å². The summed E-state index contributed by atoms with van der Waals surface area (Å²) in [5.74, 6) is -1.98. The van der Waals surface area contributed by atoms with Crippen LogP contribution in [0.1, 0.15) is 31.1 Å². The number of carbonyl (C=O) groups is 3. The van der Waals surface area contributed by atoms with Crippen LogP contribution in [0, 0.1) is 5.82 Å². The number of halogens is 1. The number of benzene rings is 2. The summed E-state index contributed by atoms with van der Waals surface area (Å²) in [5.41, 5.74) is 0.841. The lowest BCUT2D eigenvalue weighted by molar-refractivity contribution is 0.0693. The van der Waals surface area contributed by atoms with Gasteiger partial charge in [-0.25, -0.2) is 4.39 Å². The minimum Gasteiger partial charge on any atom is -0.488 e. The van der Waals surface area contributed by atoms with E-state index >= 15 is 0 Å². The Hall–Kier alpha value is -3.26. The molecule has 0 saturated carbocycles. The molecule has 0 saturated heterocycles. The van der Waals surface area contributed by atoms with E-state index < -0.39 is 23.5 Å². The van der Waals surface area contributed by atoms with E-state index in [0.717, 1.165) is 11.0 Å². The van der Waals surface area contributed by atoms with Crippen LogP contribution < -0.4 is 10.1 Å². The quantitative estimate of drug-likeness (QED) is 0.621. The number of hydrogen-bond donors (Lipinski definition) is 1. The average molecular weight is 372 g/mol. The second-order valence-electron chi connectivity index (χ2n) is 5.87. The molecule has 0 fully saturated rings. The minimum absolute atomic E-state index is 0.0507. The zero-order valence-corrected chi connectivity index (χ0v) is 14.7. The van der Waals surface area contributed by atoms with Crippen molar-refractivity contribution in [1.82, 2.24) is 4.90 Å². The SMILES string of the molecule is COCCOc1ccc(NC(=O)c2ccc3c(c2)C(=O)N(C)C3=O)cc1F. The molecule has 3 rings (SSSR count). The smallest absolute Gasteiger partial charge is 0.261 e. The monoisotopic (exact) mass is 372 g/mol. The van der Waals surface area contributed by atoms with Crippen molar-refractivity contribution >= 4 is 23.4 Å². The Morgan fingerprint density at radius 2 is 1.81 bits per heavy atom. The van der Waals surface area contributed by atoms with E-state index in [1.807, 2.05) is 0 Å². The molecule has 0 spiro atoms. The Kier molecular flexibility index (Phi) is 5.18. The Labute approximate surface area is 154 Å². The maximum absolute atomic E-state index is 14.0. The van der Waals surface area contributed by atoms with Crippen LogP contribution >= 0.6 is 0 Å². The minimum atomic E-state index is -0.625. The lowest BCUT2D eigenvalue weighted by Gasteiger charge is -2.10. The van der Waals surface area contributed by atoms with Crippen molar-refractivity contribution in [3.05, 3.63) is 58.9 Å². The fourth-order valence-electron chi connectivity index (χ4n) is 2.64. The van der Waals surface area contributed by atoms with Gasteiger partial charge in [0.2, 0.25) is 0 Å². The molecule has 1 aliphatic heterocycles. The number of ether oxygens (including phenoxy) is 2. The van der Waals surface area contributed by atoms with Gasteiger partial charge in [-0.15, -0.1) is 0 Å². The van der Waals surface area contributed by atoms with Crippen molar-refractivity contribution in [1.29, 1.82) is 0 Å². The molecule has 3 amide bonds. The first-order valence-electron chi connectivity index (χ1n) is 8.11. The molecule has 140 valence electrons. The highest BCUT2D eigenvalue weighted by molar-refractivity contribution is 6.22. The number of nitrogens with zero attached hydrogens (tertiary/aromatic N) is 1. The fourth-order valence-corrected chi connectivity index (χ4v) is 2.64.